The Morgan fingerprint density at radius 2 is 2.12 bits per heavy atom. The number of nitrogens with zero attached hydrogens (tertiary/aromatic N) is 1. The first kappa shape index (κ1) is 14.0. The number of methoxy groups -OCH3 is 1. The van der Waals surface area contributed by atoms with Gasteiger partial charge in [0.15, 0.2) is 0 Å². The molecular formula is C11H11BrClNO3. The van der Waals surface area contributed by atoms with Crippen molar-refractivity contribution in [2.75, 3.05) is 24.4 Å². The van der Waals surface area contributed by atoms with Gasteiger partial charge in [-0.3, -0.25) is 4.79 Å². The van der Waals surface area contributed by atoms with Crippen LogP contribution in [0.4, 0.5) is 5.69 Å². The fraction of sp³-hybridized carbons (Fsp3) is 0.273. The molecule has 0 heterocycles. The minimum absolute atomic E-state index is 0.169. The molecule has 1 rings (SSSR count). The van der Waals surface area contributed by atoms with Crippen LogP contribution in [-0.2, 0) is 9.53 Å². The molecule has 1 aromatic rings. The Bertz CT molecular complexity index is 450. The molecule has 0 spiro atoms. The van der Waals surface area contributed by atoms with E-state index < -0.39 is 5.97 Å². The van der Waals surface area contributed by atoms with E-state index in [2.05, 4.69) is 20.7 Å². The van der Waals surface area contributed by atoms with Gasteiger partial charge in [0.1, 0.15) is 0 Å². The van der Waals surface area contributed by atoms with Gasteiger partial charge in [-0.25, -0.2) is 4.79 Å². The molecule has 0 fully saturated rings. The number of halogens is 2. The van der Waals surface area contributed by atoms with Crippen LogP contribution in [0.1, 0.15) is 10.4 Å². The molecule has 0 saturated heterocycles. The van der Waals surface area contributed by atoms with Crippen molar-refractivity contribution in [3.8, 4) is 0 Å². The van der Waals surface area contributed by atoms with E-state index in [0.717, 1.165) is 0 Å². The van der Waals surface area contributed by atoms with E-state index in [1.807, 2.05) is 0 Å². The summed E-state index contributed by atoms with van der Waals surface area (Å²) in [6.07, 6.45) is 0. The van der Waals surface area contributed by atoms with Gasteiger partial charge in [0.05, 0.1) is 23.7 Å². The average molecular weight is 321 g/mol. The highest BCUT2D eigenvalue weighted by Crippen LogP contribution is 2.24. The normalized spacial score (nSPS) is 9.88. The largest absolute Gasteiger partial charge is 0.465 e. The summed E-state index contributed by atoms with van der Waals surface area (Å²) in [5.74, 6) is -0.700. The lowest BCUT2D eigenvalue weighted by molar-refractivity contribution is -0.115. The molecule has 92 valence electrons. The number of esters is 1. The third-order valence-electron chi connectivity index (χ3n) is 2.21. The zero-order chi connectivity index (χ0) is 13.0. The van der Waals surface area contributed by atoms with Crippen molar-refractivity contribution in [1.82, 2.24) is 0 Å². The Morgan fingerprint density at radius 3 is 2.65 bits per heavy atom. The van der Waals surface area contributed by atoms with Crippen LogP contribution in [0.3, 0.4) is 0 Å². The van der Waals surface area contributed by atoms with Crippen molar-refractivity contribution < 1.29 is 14.3 Å². The number of hydrogen-bond donors (Lipinski definition) is 0. The fourth-order valence-electron chi connectivity index (χ4n) is 1.30. The van der Waals surface area contributed by atoms with Crippen LogP contribution < -0.4 is 4.90 Å². The lowest BCUT2D eigenvalue weighted by Gasteiger charge is -2.19. The molecule has 0 atom stereocenters. The van der Waals surface area contributed by atoms with Gasteiger partial charge < -0.3 is 9.64 Å². The number of rotatable bonds is 3. The Kier molecular flexibility index (Phi) is 4.96. The number of ether oxygens (including phenoxy) is 1. The first-order chi connectivity index (χ1) is 8.01. The van der Waals surface area contributed by atoms with Crippen LogP contribution in [0.2, 0.25) is 5.02 Å². The van der Waals surface area contributed by atoms with Crippen LogP contribution in [0.25, 0.3) is 0 Å². The molecule has 0 N–H and O–H groups in total. The summed E-state index contributed by atoms with van der Waals surface area (Å²) >= 11 is 8.89. The van der Waals surface area contributed by atoms with Crippen LogP contribution in [0.15, 0.2) is 18.2 Å². The number of alkyl halides is 1. The van der Waals surface area contributed by atoms with Crippen LogP contribution in [0, 0.1) is 0 Å². The lowest BCUT2D eigenvalue weighted by atomic mass is 10.1. The summed E-state index contributed by atoms with van der Waals surface area (Å²) in [5.41, 5.74) is 0.725. The van der Waals surface area contributed by atoms with E-state index in [4.69, 9.17) is 11.6 Å². The molecule has 6 heteroatoms. The maximum Gasteiger partial charge on any atom is 0.340 e. The van der Waals surface area contributed by atoms with E-state index in [1.165, 1.54) is 18.1 Å². The monoisotopic (exact) mass is 319 g/mol. The third kappa shape index (κ3) is 3.20. The summed E-state index contributed by atoms with van der Waals surface area (Å²) in [6, 6.07) is 4.69. The predicted molar refractivity (Wildman–Crippen MR) is 70.0 cm³/mol. The highest BCUT2D eigenvalue weighted by molar-refractivity contribution is 9.09. The second-order valence-electron chi connectivity index (χ2n) is 3.24. The van der Waals surface area contributed by atoms with E-state index in [-0.39, 0.29) is 16.8 Å². The molecule has 0 aromatic heterocycles. The number of amides is 1. The maximum absolute atomic E-state index is 11.6. The van der Waals surface area contributed by atoms with Crippen molar-refractivity contribution in [2.24, 2.45) is 0 Å². The summed E-state index contributed by atoms with van der Waals surface area (Å²) in [6.45, 7) is 0. The van der Waals surface area contributed by atoms with Gasteiger partial charge in [0.2, 0.25) is 5.91 Å². The van der Waals surface area contributed by atoms with Gasteiger partial charge in [0, 0.05) is 12.1 Å². The third-order valence-corrected chi connectivity index (χ3v) is 2.93. The standard InChI is InChI=1S/C11H11BrClNO3/c1-14(10(15)6-12)9-4-3-7(13)5-8(9)11(16)17-2/h3-5H,6H2,1-2H3. The Balaban J connectivity index is 3.23. The molecule has 17 heavy (non-hydrogen) atoms. The summed E-state index contributed by atoms with van der Waals surface area (Å²) in [7, 11) is 2.86. The SMILES string of the molecule is COC(=O)c1cc(Cl)ccc1N(C)C(=O)CBr. The molecule has 0 aliphatic heterocycles. The maximum atomic E-state index is 11.6. The number of carbonyl (C=O) groups excluding carboxylic acids is 2. The first-order valence-electron chi connectivity index (χ1n) is 4.71. The Hall–Kier alpha value is -1.07. The quantitative estimate of drug-likeness (QED) is 0.635. The van der Waals surface area contributed by atoms with E-state index in [0.29, 0.717) is 10.7 Å². The van der Waals surface area contributed by atoms with Crippen LogP contribution >= 0.6 is 27.5 Å². The minimum atomic E-state index is -0.531. The van der Waals surface area contributed by atoms with Gasteiger partial charge >= 0.3 is 5.97 Å². The number of anilines is 1. The van der Waals surface area contributed by atoms with Crippen molar-refractivity contribution in [1.29, 1.82) is 0 Å². The second-order valence-corrected chi connectivity index (χ2v) is 4.24. The molecule has 0 radical (unpaired) electrons. The Labute approximate surface area is 113 Å². The minimum Gasteiger partial charge on any atom is -0.465 e. The molecule has 0 bridgehead atoms. The Morgan fingerprint density at radius 1 is 1.47 bits per heavy atom. The highest BCUT2D eigenvalue weighted by Gasteiger charge is 2.18. The number of hydrogen-bond acceptors (Lipinski definition) is 3. The number of carbonyl (C=O) groups is 2. The lowest BCUT2D eigenvalue weighted by Crippen LogP contribution is -2.28. The molecule has 0 aliphatic rings. The molecule has 0 aliphatic carbocycles. The zero-order valence-corrected chi connectivity index (χ0v) is 11.7. The first-order valence-corrected chi connectivity index (χ1v) is 6.21. The molecule has 1 amide bonds. The zero-order valence-electron chi connectivity index (χ0n) is 9.37. The van der Waals surface area contributed by atoms with Gasteiger partial charge in [-0.1, -0.05) is 27.5 Å². The highest BCUT2D eigenvalue weighted by atomic mass is 79.9. The summed E-state index contributed by atoms with van der Waals surface area (Å²) in [5, 5.41) is 0.584. The molecule has 4 nitrogen and oxygen atoms in total. The van der Waals surface area contributed by atoms with E-state index >= 15 is 0 Å². The fourth-order valence-corrected chi connectivity index (χ4v) is 1.85. The van der Waals surface area contributed by atoms with Gasteiger partial charge in [-0.2, -0.15) is 0 Å². The van der Waals surface area contributed by atoms with Gasteiger partial charge in [-0.05, 0) is 18.2 Å². The van der Waals surface area contributed by atoms with Crippen molar-refractivity contribution in [3.05, 3.63) is 28.8 Å². The van der Waals surface area contributed by atoms with Gasteiger partial charge in [0.25, 0.3) is 0 Å². The summed E-state index contributed by atoms with van der Waals surface area (Å²) < 4.78 is 4.65. The van der Waals surface area contributed by atoms with Crippen LogP contribution in [0.5, 0.6) is 0 Å². The summed E-state index contributed by atoms with van der Waals surface area (Å²) in [4.78, 5) is 24.5. The predicted octanol–water partition coefficient (Wildman–Crippen LogP) is 2.48. The molecular weight excluding hydrogens is 309 g/mol. The van der Waals surface area contributed by atoms with Gasteiger partial charge in [-0.15, -0.1) is 0 Å². The number of benzene rings is 1. The molecule has 1 aromatic carbocycles. The van der Waals surface area contributed by atoms with Crippen molar-refractivity contribution >= 4 is 45.1 Å². The second kappa shape index (κ2) is 6.02. The van der Waals surface area contributed by atoms with Crippen molar-refractivity contribution in [2.45, 2.75) is 0 Å². The van der Waals surface area contributed by atoms with E-state index in [9.17, 15) is 9.59 Å². The van der Waals surface area contributed by atoms with Crippen LogP contribution in [-0.4, -0.2) is 31.4 Å². The topological polar surface area (TPSA) is 46.6 Å². The molecule has 0 saturated carbocycles. The van der Waals surface area contributed by atoms with Crippen molar-refractivity contribution in [3.63, 3.8) is 0 Å². The smallest absolute Gasteiger partial charge is 0.340 e. The van der Waals surface area contributed by atoms with E-state index in [1.54, 1.807) is 19.2 Å². The average Bonchev–Trinajstić information content (AvgIpc) is 2.35. The molecule has 0 unspecified atom stereocenters.